The minimum atomic E-state index is 0.00690. The summed E-state index contributed by atoms with van der Waals surface area (Å²) in [5, 5.41) is 6.24. The number of nitrogens with one attached hydrogen (secondary N) is 2. The van der Waals surface area contributed by atoms with Gasteiger partial charge < -0.3 is 15.4 Å². The monoisotopic (exact) mass is 262 g/mol. The van der Waals surface area contributed by atoms with Crippen LogP contribution >= 0.6 is 0 Å². The molecule has 2 N–H and O–H groups in total. The lowest BCUT2D eigenvalue weighted by Gasteiger charge is -2.12. The van der Waals surface area contributed by atoms with E-state index in [4.69, 9.17) is 4.74 Å². The van der Waals surface area contributed by atoms with Gasteiger partial charge in [-0.25, -0.2) is 0 Å². The Kier molecular flexibility index (Phi) is 4.80. The van der Waals surface area contributed by atoms with Gasteiger partial charge in [0.25, 0.3) is 5.91 Å². The number of anilines is 1. The third-order valence-electron chi connectivity index (χ3n) is 3.43. The lowest BCUT2D eigenvalue weighted by molar-refractivity contribution is 0.0944. The molecule has 1 heterocycles. The van der Waals surface area contributed by atoms with E-state index in [0.29, 0.717) is 12.5 Å². The number of rotatable bonds is 5. The molecule has 0 spiro atoms. The Labute approximate surface area is 114 Å². The first-order chi connectivity index (χ1) is 9.20. The average Bonchev–Trinajstić information content (AvgIpc) is 2.89. The van der Waals surface area contributed by atoms with Gasteiger partial charge in [0.05, 0.1) is 6.61 Å². The van der Waals surface area contributed by atoms with E-state index in [1.54, 1.807) is 0 Å². The molecule has 4 nitrogen and oxygen atoms in total. The van der Waals surface area contributed by atoms with Crippen LogP contribution in [0.1, 0.15) is 29.3 Å². The van der Waals surface area contributed by atoms with Gasteiger partial charge in [-0.3, -0.25) is 4.79 Å². The van der Waals surface area contributed by atoms with Crippen LogP contribution in [0.5, 0.6) is 0 Å². The lowest BCUT2D eigenvalue weighted by Crippen LogP contribution is -2.30. The van der Waals surface area contributed by atoms with Gasteiger partial charge in [-0.1, -0.05) is 0 Å². The van der Waals surface area contributed by atoms with Crippen LogP contribution in [0.25, 0.3) is 0 Å². The van der Waals surface area contributed by atoms with Gasteiger partial charge in [-0.05, 0) is 44.0 Å². The van der Waals surface area contributed by atoms with Gasteiger partial charge in [-0.2, -0.15) is 0 Å². The van der Waals surface area contributed by atoms with Crippen molar-refractivity contribution in [2.24, 2.45) is 5.92 Å². The number of hydrogen-bond acceptors (Lipinski definition) is 3. The quantitative estimate of drug-likeness (QED) is 0.855. The van der Waals surface area contributed by atoms with Gasteiger partial charge in [0.1, 0.15) is 0 Å². The molecule has 0 aromatic heterocycles. The van der Waals surface area contributed by atoms with E-state index >= 15 is 0 Å². The van der Waals surface area contributed by atoms with Gasteiger partial charge in [0.15, 0.2) is 0 Å². The number of amides is 1. The second-order valence-corrected chi connectivity index (χ2v) is 5.00. The summed E-state index contributed by atoms with van der Waals surface area (Å²) in [6.07, 6.45) is 1.04. The van der Waals surface area contributed by atoms with Crippen molar-refractivity contribution in [3.05, 3.63) is 29.3 Å². The molecule has 19 heavy (non-hydrogen) atoms. The summed E-state index contributed by atoms with van der Waals surface area (Å²) < 4.78 is 5.30. The lowest BCUT2D eigenvalue weighted by atomic mass is 10.1. The third kappa shape index (κ3) is 3.70. The number of carbonyl (C=O) groups excluding carboxylic acids is 1. The van der Waals surface area contributed by atoms with E-state index in [2.05, 4.69) is 17.6 Å². The minimum Gasteiger partial charge on any atom is -0.385 e. The summed E-state index contributed by atoms with van der Waals surface area (Å²) >= 11 is 0. The highest BCUT2D eigenvalue weighted by Gasteiger charge is 2.17. The summed E-state index contributed by atoms with van der Waals surface area (Å²) in [5.41, 5.74) is 2.81. The predicted octanol–water partition coefficient (Wildman–Crippen LogP) is 2.19. The van der Waals surface area contributed by atoms with Crippen LogP contribution in [0.3, 0.4) is 0 Å². The fraction of sp³-hybridized carbons (Fsp3) is 0.533. The molecule has 104 valence electrons. The van der Waals surface area contributed by atoms with E-state index in [0.717, 1.165) is 43.0 Å². The molecule has 1 amide bonds. The Morgan fingerprint density at radius 1 is 1.47 bits per heavy atom. The van der Waals surface area contributed by atoms with Crippen LogP contribution < -0.4 is 10.6 Å². The third-order valence-corrected chi connectivity index (χ3v) is 3.43. The largest absolute Gasteiger partial charge is 0.385 e. The molecule has 0 aliphatic carbocycles. The summed E-state index contributed by atoms with van der Waals surface area (Å²) in [7, 11) is 0. The van der Waals surface area contributed by atoms with Gasteiger partial charge in [0.2, 0.25) is 0 Å². The van der Waals surface area contributed by atoms with E-state index in [1.807, 2.05) is 25.1 Å². The number of ether oxygens (including phenoxy) is 1. The molecule has 2 rings (SSSR count). The fourth-order valence-corrected chi connectivity index (χ4v) is 2.31. The molecule has 1 aromatic carbocycles. The molecule has 0 radical (unpaired) electrons. The van der Waals surface area contributed by atoms with Gasteiger partial charge in [0, 0.05) is 36.9 Å². The highest BCUT2D eigenvalue weighted by molar-refractivity contribution is 5.96. The zero-order valence-corrected chi connectivity index (χ0v) is 11.7. The second kappa shape index (κ2) is 6.57. The summed E-state index contributed by atoms with van der Waals surface area (Å²) in [6, 6.07) is 5.84. The van der Waals surface area contributed by atoms with E-state index < -0.39 is 0 Å². The summed E-state index contributed by atoms with van der Waals surface area (Å²) in [4.78, 5) is 12.1. The normalized spacial score (nSPS) is 18.3. The van der Waals surface area contributed by atoms with Gasteiger partial charge in [-0.15, -0.1) is 0 Å². The van der Waals surface area contributed by atoms with Crippen LogP contribution in [0, 0.1) is 12.8 Å². The molecule has 4 heteroatoms. The van der Waals surface area contributed by atoms with Crippen molar-refractivity contribution in [3.8, 4) is 0 Å². The van der Waals surface area contributed by atoms with Crippen molar-refractivity contribution in [1.82, 2.24) is 5.32 Å². The Hall–Kier alpha value is -1.55. The van der Waals surface area contributed by atoms with Crippen molar-refractivity contribution in [2.75, 3.05) is 31.6 Å². The smallest absolute Gasteiger partial charge is 0.251 e. The standard InChI is InChI=1S/C15H22N2O2/c1-3-16-13-4-5-14(11(2)8-13)15(18)17-9-12-6-7-19-10-12/h4-5,8,12,16H,3,6-7,9-10H2,1-2H3,(H,17,18). The highest BCUT2D eigenvalue weighted by Crippen LogP contribution is 2.16. The van der Waals surface area contributed by atoms with Crippen molar-refractivity contribution in [2.45, 2.75) is 20.3 Å². The molecular weight excluding hydrogens is 240 g/mol. The first-order valence-corrected chi connectivity index (χ1v) is 6.91. The summed E-state index contributed by atoms with van der Waals surface area (Å²) in [5.74, 6) is 0.470. The molecule has 1 unspecified atom stereocenters. The number of aryl methyl sites for hydroxylation is 1. The average molecular weight is 262 g/mol. The molecular formula is C15H22N2O2. The first kappa shape index (κ1) is 13.9. The molecule has 1 fully saturated rings. The van der Waals surface area contributed by atoms with Crippen molar-refractivity contribution >= 4 is 11.6 Å². The van der Waals surface area contributed by atoms with Crippen molar-refractivity contribution in [1.29, 1.82) is 0 Å². The fourth-order valence-electron chi connectivity index (χ4n) is 2.31. The van der Waals surface area contributed by atoms with Crippen molar-refractivity contribution in [3.63, 3.8) is 0 Å². The predicted molar refractivity (Wildman–Crippen MR) is 76.6 cm³/mol. The van der Waals surface area contributed by atoms with Crippen LogP contribution in [0.15, 0.2) is 18.2 Å². The van der Waals surface area contributed by atoms with Crippen LogP contribution in [-0.4, -0.2) is 32.2 Å². The van der Waals surface area contributed by atoms with E-state index in [9.17, 15) is 4.79 Å². The Balaban J connectivity index is 1.94. The number of carbonyl (C=O) groups is 1. The molecule has 1 saturated heterocycles. The second-order valence-electron chi connectivity index (χ2n) is 5.00. The topological polar surface area (TPSA) is 50.4 Å². The van der Waals surface area contributed by atoms with Gasteiger partial charge >= 0.3 is 0 Å². The zero-order valence-electron chi connectivity index (χ0n) is 11.7. The molecule has 1 atom stereocenters. The SMILES string of the molecule is CCNc1ccc(C(=O)NCC2CCOC2)c(C)c1. The summed E-state index contributed by atoms with van der Waals surface area (Å²) in [6.45, 7) is 7.18. The van der Waals surface area contributed by atoms with Crippen molar-refractivity contribution < 1.29 is 9.53 Å². The van der Waals surface area contributed by atoms with Crippen LogP contribution in [0.4, 0.5) is 5.69 Å². The highest BCUT2D eigenvalue weighted by atomic mass is 16.5. The van der Waals surface area contributed by atoms with E-state index in [-0.39, 0.29) is 5.91 Å². The Bertz CT molecular complexity index is 440. The number of hydrogen-bond donors (Lipinski definition) is 2. The first-order valence-electron chi connectivity index (χ1n) is 6.91. The maximum atomic E-state index is 12.1. The molecule has 0 bridgehead atoms. The maximum Gasteiger partial charge on any atom is 0.251 e. The molecule has 0 saturated carbocycles. The zero-order chi connectivity index (χ0) is 13.7. The minimum absolute atomic E-state index is 0.00690. The molecule has 1 aromatic rings. The van der Waals surface area contributed by atoms with E-state index in [1.165, 1.54) is 0 Å². The molecule has 1 aliphatic rings. The maximum absolute atomic E-state index is 12.1. The Morgan fingerprint density at radius 3 is 2.95 bits per heavy atom. The molecule has 1 aliphatic heterocycles. The van der Waals surface area contributed by atoms with Crippen LogP contribution in [0.2, 0.25) is 0 Å². The van der Waals surface area contributed by atoms with Crippen LogP contribution in [-0.2, 0) is 4.74 Å². The number of benzene rings is 1. The Morgan fingerprint density at radius 2 is 2.32 bits per heavy atom.